The van der Waals surface area contributed by atoms with Gasteiger partial charge in [0.05, 0.1) is 0 Å². The normalized spacial score (nSPS) is 11.2. The topological polar surface area (TPSA) is 69.6 Å². The Labute approximate surface area is 116 Å². The van der Waals surface area contributed by atoms with Gasteiger partial charge in [-0.05, 0) is 18.8 Å². The van der Waals surface area contributed by atoms with E-state index in [0.717, 1.165) is 12.8 Å². The van der Waals surface area contributed by atoms with Gasteiger partial charge in [-0.3, -0.25) is 4.79 Å². The quantitative estimate of drug-likeness (QED) is 0.634. The second-order valence-corrected chi connectivity index (χ2v) is 5.69. The molecule has 0 saturated heterocycles. The van der Waals surface area contributed by atoms with Crippen LogP contribution in [0.3, 0.4) is 0 Å². The summed E-state index contributed by atoms with van der Waals surface area (Å²) in [4.78, 5) is 23.8. The van der Waals surface area contributed by atoms with Crippen LogP contribution in [0.25, 0.3) is 0 Å². The fraction of sp³-hybridized carbons (Fsp3) is 0.857. The molecule has 0 fully saturated rings. The van der Waals surface area contributed by atoms with Gasteiger partial charge < -0.3 is 15.3 Å². The zero-order chi connectivity index (χ0) is 14.9. The number of carbonyl (C=O) groups excluding carboxylic acids is 1. The lowest BCUT2D eigenvalue weighted by molar-refractivity contribution is -0.137. The van der Waals surface area contributed by atoms with Crippen LogP contribution in [0.4, 0.5) is 4.79 Å². The molecule has 2 N–H and O–H groups in total. The highest BCUT2D eigenvalue weighted by Gasteiger charge is 2.21. The van der Waals surface area contributed by atoms with E-state index in [-0.39, 0.29) is 18.0 Å². The van der Waals surface area contributed by atoms with Crippen LogP contribution in [0.1, 0.15) is 53.4 Å². The summed E-state index contributed by atoms with van der Waals surface area (Å²) in [6, 6.07) is -0.298. The molecule has 0 aromatic heterocycles. The molecule has 0 atom stereocenters. The molecule has 19 heavy (non-hydrogen) atoms. The summed E-state index contributed by atoms with van der Waals surface area (Å²) in [6.45, 7) is 8.90. The highest BCUT2D eigenvalue weighted by atomic mass is 16.4. The number of carbonyl (C=O) groups is 2. The van der Waals surface area contributed by atoms with Crippen LogP contribution in [0, 0.1) is 5.41 Å². The van der Waals surface area contributed by atoms with E-state index >= 15 is 0 Å². The number of hydrogen-bond acceptors (Lipinski definition) is 2. The lowest BCUT2D eigenvalue weighted by Crippen LogP contribution is -2.45. The molecule has 0 saturated carbocycles. The maximum atomic E-state index is 11.8. The Bertz CT molecular complexity index is 290. The van der Waals surface area contributed by atoms with E-state index in [0.29, 0.717) is 13.1 Å². The Morgan fingerprint density at radius 1 is 1.21 bits per heavy atom. The first-order chi connectivity index (χ1) is 8.82. The molecule has 112 valence electrons. The van der Waals surface area contributed by atoms with Crippen LogP contribution in [0.2, 0.25) is 0 Å². The van der Waals surface area contributed by atoms with E-state index in [1.165, 1.54) is 17.7 Å². The van der Waals surface area contributed by atoms with Crippen molar-refractivity contribution in [1.82, 2.24) is 10.2 Å². The molecule has 2 amide bonds. The van der Waals surface area contributed by atoms with Crippen LogP contribution in [0.15, 0.2) is 0 Å². The van der Waals surface area contributed by atoms with Gasteiger partial charge in [0.15, 0.2) is 0 Å². The molecule has 0 spiro atoms. The van der Waals surface area contributed by atoms with E-state index < -0.39 is 5.97 Å². The smallest absolute Gasteiger partial charge is 0.323 e. The van der Waals surface area contributed by atoms with Crippen molar-refractivity contribution in [3.05, 3.63) is 0 Å². The van der Waals surface area contributed by atoms with E-state index in [2.05, 4.69) is 26.1 Å². The predicted molar refractivity (Wildman–Crippen MR) is 76.2 cm³/mol. The van der Waals surface area contributed by atoms with Gasteiger partial charge in [0.2, 0.25) is 0 Å². The lowest BCUT2D eigenvalue weighted by Gasteiger charge is -2.27. The summed E-state index contributed by atoms with van der Waals surface area (Å²) in [5, 5.41) is 11.5. The van der Waals surface area contributed by atoms with Gasteiger partial charge in [0.25, 0.3) is 0 Å². The summed E-state index contributed by atoms with van der Waals surface area (Å²) in [5.74, 6) is -0.987. The van der Waals surface area contributed by atoms with Crippen molar-refractivity contribution in [3.63, 3.8) is 0 Å². The van der Waals surface area contributed by atoms with Crippen molar-refractivity contribution in [1.29, 1.82) is 0 Å². The van der Waals surface area contributed by atoms with Crippen molar-refractivity contribution in [2.24, 2.45) is 5.41 Å². The minimum Gasteiger partial charge on any atom is -0.480 e. The van der Waals surface area contributed by atoms with Crippen LogP contribution in [-0.2, 0) is 4.79 Å². The molecule has 0 bridgehead atoms. The van der Waals surface area contributed by atoms with Crippen molar-refractivity contribution >= 4 is 12.0 Å². The lowest BCUT2D eigenvalue weighted by atomic mass is 9.87. The van der Waals surface area contributed by atoms with Gasteiger partial charge in [-0.2, -0.15) is 0 Å². The van der Waals surface area contributed by atoms with E-state index in [1.54, 1.807) is 6.92 Å². The minimum atomic E-state index is -0.987. The molecule has 0 heterocycles. The van der Waals surface area contributed by atoms with Crippen molar-refractivity contribution < 1.29 is 14.7 Å². The first-order valence-corrected chi connectivity index (χ1v) is 7.07. The second kappa shape index (κ2) is 8.77. The summed E-state index contributed by atoms with van der Waals surface area (Å²) in [5.41, 5.74) is 0.0491. The first kappa shape index (κ1) is 17.7. The van der Waals surface area contributed by atoms with Crippen molar-refractivity contribution in [3.8, 4) is 0 Å². The molecule has 0 aliphatic rings. The Balaban J connectivity index is 4.14. The molecule has 0 aliphatic carbocycles. The Morgan fingerprint density at radius 3 is 2.32 bits per heavy atom. The monoisotopic (exact) mass is 272 g/mol. The Kier molecular flexibility index (Phi) is 8.19. The van der Waals surface area contributed by atoms with E-state index in [1.807, 2.05) is 0 Å². The van der Waals surface area contributed by atoms with Crippen LogP contribution in [0.5, 0.6) is 0 Å². The van der Waals surface area contributed by atoms with E-state index in [9.17, 15) is 9.59 Å². The average Bonchev–Trinajstić information content (AvgIpc) is 2.33. The maximum Gasteiger partial charge on any atom is 0.323 e. The fourth-order valence-corrected chi connectivity index (χ4v) is 1.86. The fourth-order valence-electron chi connectivity index (χ4n) is 1.86. The summed E-state index contributed by atoms with van der Waals surface area (Å²) in [6.07, 6.45) is 4.61. The van der Waals surface area contributed by atoms with Gasteiger partial charge in [0, 0.05) is 13.1 Å². The van der Waals surface area contributed by atoms with Crippen LogP contribution < -0.4 is 5.32 Å². The molecule has 0 aliphatic heterocycles. The zero-order valence-electron chi connectivity index (χ0n) is 12.7. The third-order valence-electron chi connectivity index (χ3n) is 3.17. The number of amides is 2. The minimum absolute atomic E-state index is 0.0491. The Morgan fingerprint density at radius 2 is 1.84 bits per heavy atom. The van der Waals surface area contributed by atoms with Crippen molar-refractivity contribution in [2.45, 2.75) is 53.4 Å². The van der Waals surface area contributed by atoms with Crippen LogP contribution in [-0.4, -0.2) is 41.6 Å². The molecule has 5 nitrogen and oxygen atoms in total. The van der Waals surface area contributed by atoms with Gasteiger partial charge in [-0.1, -0.05) is 40.0 Å². The number of carboxylic acid groups (broad SMARTS) is 1. The SMILES string of the molecule is CCCCCC(C)(C)CNC(=O)N(CC)CC(=O)O. The molecule has 0 aromatic carbocycles. The number of urea groups is 1. The number of nitrogens with zero attached hydrogens (tertiary/aromatic N) is 1. The van der Waals surface area contributed by atoms with Gasteiger partial charge in [-0.15, -0.1) is 0 Å². The summed E-state index contributed by atoms with van der Waals surface area (Å²) < 4.78 is 0. The van der Waals surface area contributed by atoms with Gasteiger partial charge >= 0.3 is 12.0 Å². The summed E-state index contributed by atoms with van der Waals surface area (Å²) in [7, 11) is 0. The number of carboxylic acids is 1. The number of rotatable bonds is 9. The highest BCUT2D eigenvalue weighted by molar-refractivity contribution is 5.80. The molecular weight excluding hydrogens is 244 g/mol. The maximum absolute atomic E-state index is 11.8. The van der Waals surface area contributed by atoms with Crippen LogP contribution >= 0.6 is 0 Å². The van der Waals surface area contributed by atoms with Gasteiger partial charge in [-0.25, -0.2) is 4.79 Å². The molecule has 0 unspecified atom stereocenters. The second-order valence-electron chi connectivity index (χ2n) is 5.69. The zero-order valence-corrected chi connectivity index (χ0v) is 12.7. The Hall–Kier alpha value is -1.26. The third-order valence-corrected chi connectivity index (χ3v) is 3.17. The molecule has 0 rings (SSSR count). The first-order valence-electron chi connectivity index (χ1n) is 7.07. The van der Waals surface area contributed by atoms with E-state index in [4.69, 9.17) is 5.11 Å². The molecule has 0 aromatic rings. The number of likely N-dealkylation sites (N-methyl/N-ethyl adjacent to an activating group) is 1. The number of unbranched alkanes of at least 4 members (excludes halogenated alkanes) is 2. The van der Waals surface area contributed by atoms with Gasteiger partial charge in [0.1, 0.15) is 6.54 Å². The number of hydrogen-bond donors (Lipinski definition) is 2. The molecule has 0 radical (unpaired) electrons. The summed E-state index contributed by atoms with van der Waals surface area (Å²) >= 11 is 0. The largest absolute Gasteiger partial charge is 0.480 e. The standard InChI is InChI=1S/C14H28N2O3/c1-5-7-8-9-14(3,4)11-15-13(19)16(6-2)10-12(17)18/h5-11H2,1-4H3,(H,15,19)(H,17,18). The predicted octanol–water partition coefficient (Wildman–Crippen LogP) is 2.71. The molecule has 5 heteroatoms. The van der Waals surface area contributed by atoms with Crippen molar-refractivity contribution in [2.75, 3.05) is 19.6 Å². The average molecular weight is 272 g/mol. The molecular formula is C14H28N2O3. The highest BCUT2D eigenvalue weighted by Crippen LogP contribution is 2.22. The third kappa shape index (κ3) is 8.46. The number of nitrogens with one attached hydrogen (secondary N) is 1. The number of aliphatic carboxylic acids is 1.